The number of halogens is 1. The Morgan fingerprint density at radius 3 is 2.70 bits per heavy atom. The topological polar surface area (TPSA) is 68.3 Å². The van der Waals surface area contributed by atoms with Gasteiger partial charge >= 0.3 is 0 Å². The zero-order valence-electron chi connectivity index (χ0n) is 11.0. The molecule has 0 aliphatic heterocycles. The number of nitrogens with two attached hydrogens (primary N) is 1. The highest BCUT2D eigenvalue weighted by Gasteiger charge is 2.13. The number of rotatable bonds is 5. The van der Waals surface area contributed by atoms with Crippen molar-refractivity contribution in [1.82, 2.24) is 5.43 Å². The average molecular weight is 311 g/mol. The van der Waals surface area contributed by atoms with Crippen molar-refractivity contribution < 1.29 is 9.21 Å². The Kier molecular flexibility index (Phi) is 5.11. The number of benzene rings is 1. The molecule has 1 heterocycles. The standard InChI is InChI=1S/C14H15ClN2O2S/c1-9-13(14(18)17-16)6-12(19-9)8-20-7-10-2-4-11(15)5-3-10/h2-6H,7-8,16H2,1H3,(H,17,18). The van der Waals surface area contributed by atoms with Gasteiger partial charge in [0.05, 0.1) is 11.3 Å². The van der Waals surface area contributed by atoms with Crippen LogP contribution >= 0.6 is 23.4 Å². The van der Waals surface area contributed by atoms with Gasteiger partial charge in [0, 0.05) is 10.8 Å². The molecule has 20 heavy (non-hydrogen) atoms. The number of carbonyl (C=O) groups excluding carboxylic acids is 1. The maximum atomic E-state index is 11.5. The van der Waals surface area contributed by atoms with E-state index in [1.807, 2.05) is 24.3 Å². The third-order valence-corrected chi connectivity index (χ3v) is 4.05. The van der Waals surface area contributed by atoms with Crippen molar-refractivity contribution in [3.63, 3.8) is 0 Å². The van der Waals surface area contributed by atoms with E-state index in [-0.39, 0.29) is 5.91 Å². The fourth-order valence-electron chi connectivity index (χ4n) is 1.77. The second-order valence-electron chi connectivity index (χ2n) is 4.28. The maximum absolute atomic E-state index is 11.5. The molecule has 0 aliphatic rings. The molecule has 0 fully saturated rings. The molecule has 2 rings (SSSR count). The summed E-state index contributed by atoms with van der Waals surface area (Å²) in [5.74, 6) is 7.68. The van der Waals surface area contributed by atoms with E-state index in [9.17, 15) is 4.79 Å². The third-order valence-electron chi connectivity index (χ3n) is 2.77. The Hall–Kier alpha value is -1.43. The highest BCUT2D eigenvalue weighted by atomic mass is 35.5. The van der Waals surface area contributed by atoms with Crippen LogP contribution in [-0.4, -0.2) is 5.91 Å². The molecule has 0 spiro atoms. The predicted molar refractivity (Wildman–Crippen MR) is 81.5 cm³/mol. The number of carbonyl (C=O) groups is 1. The third kappa shape index (κ3) is 3.79. The molecule has 4 nitrogen and oxygen atoms in total. The Bertz CT molecular complexity index is 596. The summed E-state index contributed by atoms with van der Waals surface area (Å²) in [6, 6.07) is 9.47. The first-order valence-corrected chi connectivity index (χ1v) is 7.56. The number of thioether (sulfide) groups is 1. The highest BCUT2D eigenvalue weighted by Crippen LogP contribution is 2.22. The van der Waals surface area contributed by atoms with Gasteiger partial charge in [-0.1, -0.05) is 23.7 Å². The van der Waals surface area contributed by atoms with Gasteiger partial charge in [-0.25, -0.2) is 5.84 Å². The molecule has 0 radical (unpaired) electrons. The molecular weight excluding hydrogens is 296 g/mol. The van der Waals surface area contributed by atoms with Gasteiger partial charge in [0.25, 0.3) is 5.91 Å². The van der Waals surface area contributed by atoms with E-state index in [1.54, 1.807) is 24.8 Å². The molecule has 6 heteroatoms. The smallest absolute Gasteiger partial charge is 0.268 e. The number of nitrogens with one attached hydrogen (secondary N) is 1. The summed E-state index contributed by atoms with van der Waals surface area (Å²) >= 11 is 7.54. The van der Waals surface area contributed by atoms with Crippen LogP contribution in [0, 0.1) is 6.92 Å². The molecule has 0 saturated heterocycles. The van der Waals surface area contributed by atoms with Crippen molar-refractivity contribution in [3.8, 4) is 0 Å². The lowest BCUT2D eigenvalue weighted by Crippen LogP contribution is -2.30. The number of amides is 1. The minimum Gasteiger partial charge on any atom is -0.465 e. The normalized spacial score (nSPS) is 10.6. The van der Waals surface area contributed by atoms with E-state index in [1.165, 1.54) is 5.56 Å². The summed E-state index contributed by atoms with van der Waals surface area (Å²) in [4.78, 5) is 11.5. The molecule has 2 aromatic rings. The number of hydrogen-bond donors (Lipinski definition) is 2. The predicted octanol–water partition coefficient (Wildman–Crippen LogP) is 3.28. The van der Waals surface area contributed by atoms with Gasteiger partial charge in [0.2, 0.25) is 0 Å². The number of furan rings is 1. The van der Waals surface area contributed by atoms with Crippen molar-refractivity contribution in [1.29, 1.82) is 0 Å². The summed E-state index contributed by atoms with van der Waals surface area (Å²) in [5.41, 5.74) is 3.78. The van der Waals surface area contributed by atoms with Gasteiger partial charge in [-0.3, -0.25) is 10.2 Å². The summed E-state index contributed by atoms with van der Waals surface area (Å²) in [5, 5.41) is 0.734. The first kappa shape index (κ1) is 15.0. The van der Waals surface area contributed by atoms with Crippen LogP contribution in [0.4, 0.5) is 0 Å². The fourth-order valence-corrected chi connectivity index (χ4v) is 2.77. The molecule has 0 saturated carbocycles. The Morgan fingerprint density at radius 2 is 2.05 bits per heavy atom. The zero-order valence-corrected chi connectivity index (χ0v) is 12.6. The molecular formula is C14H15ClN2O2S. The van der Waals surface area contributed by atoms with Gasteiger partial charge < -0.3 is 4.42 Å². The molecule has 1 amide bonds. The molecule has 3 N–H and O–H groups in total. The Morgan fingerprint density at radius 1 is 1.35 bits per heavy atom. The van der Waals surface area contributed by atoms with Gasteiger partial charge in [-0.15, -0.1) is 11.8 Å². The van der Waals surface area contributed by atoms with E-state index in [0.29, 0.717) is 17.1 Å². The number of hydrogen-bond acceptors (Lipinski definition) is 4. The molecule has 0 aliphatic carbocycles. The van der Waals surface area contributed by atoms with Crippen molar-refractivity contribution in [2.45, 2.75) is 18.4 Å². The van der Waals surface area contributed by atoms with Crippen LogP contribution in [0.3, 0.4) is 0 Å². The minimum atomic E-state index is -0.333. The largest absolute Gasteiger partial charge is 0.465 e. The molecule has 0 atom stereocenters. The molecule has 0 unspecified atom stereocenters. The summed E-state index contributed by atoms with van der Waals surface area (Å²) in [6.45, 7) is 1.75. The molecule has 106 valence electrons. The lowest BCUT2D eigenvalue weighted by molar-refractivity contribution is 0.0952. The molecule has 0 bridgehead atoms. The van der Waals surface area contributed by atoms with E-state index in [4.69, 9.17) is 21.9 Å². The summed E-state index contributed by atoms with van der Waals surface area (Å²) in [7, 11) is 0. The van der Waals surface area contributed by atoms with Crippen molar-refractivity contribution in [3.05, 3.63) is 58.0 Å². The first-order chi connectivity index (χ1) is 9.60. The second kappa shape index (κ2) is 6.83. The number of hydrazine groups is 1. The van der Waals surface area contributed by atoms with E-state index in [2.05, 4.69) is 5.43 Å². The molecule has 1 aromatic heterocycles. The fraction of sp³-hybridized carbons (Fsp3) is 0.214. The Balaban J connectivity index is 1.91. The molecule has 1 aromatic carbocycles. The van der Waals surface area contributed by atoms with Crippen LogP contribution in [0.1, 0.15) is 27.4 Å². The van der Waals surface area contributed by atoms with Crippen molar-refractivity contribution in [2.24, 2.45) is 5.84 Å². The first-order valence-electron chi connectivity index (χ1n) is 6.02. The lowest BCUT2D eigenvalue weighted by Gasteiger charge is -2.00. The quantitative estimate of drug-likeness (QED) is 0.505. The van der Waals surface area contributed by atoms with E-state index >= 15 is 0 Å². The SMILES string of the molecule is Cc1oc(CSCc2ccc(Cl)cc2)cc1C(=O)NN. The Labute approximate surface area is 126 Å². The van der Waals surface area contributed by atoms with Crippen LogP contribution < -0.4 is 11.3 Å². The number of nitrogen functional groups attached to an aromatic ring is 1. The monoisotopic (exact) mass is 310 g/mol. The van der Waals surface area contributed by atoms with Gasteiger partial charge in [-0.05, 0) is 30.7 Å². The van der Waals surface area contributed by atoms with Gasteiger partial charge in [0.1, 0.15) is 11.5 Å². The lowest BCUT2D eigenvalue weighted by atomic mass is 10.2. The highest BCUT2D eigenvalue weighted by molar-refractivity contribution is 7.97. The number of aryl methyl sites for hydroxylation is 1. The average Bonchev–Trinajstić information content (AvgIpc) is 2.81. The van der Waals surface area contributed by atoms with Crippen LogP contribution in [0.25, 0.3) is 0 Å². The van der Waals surface area contributed by atoms with E-state index < -0.39 is 0 Å². The second-order valence-corrected chi connectivity index (χ2v) is 5.70. The zero-order chi connectivity index (χ0) is 14.5. The minimum absolute atomic E-state index is 0.333. The van der Waals surface area contributed by atoms with Crippen molar-refractivity contribution in [2.75, 3.05) is 0 Å². The van der Waals surface area contributed by atoms with Crippen LogP contribution in [0.15, 0.2) is 34.7 Å². The van der Waals surface area contributed by atoms with Gasteiger partial charge in [-0.2, -0.15) is 0 Å². The summed E-state index contributed by atoms with van der Waals surface area (Å²) in [6.07, 6.45) is 0. The van der Waals surface area contributed by atoms with Crippen LogP contribution in [-0.2, 0) is 11.5 Å². The summed E-state index contributed by atoms with van der Waals surface area (Å²) < 4.78 is 5.54. The van der Waals surface area contributed by atoms with E-state index in [0.717, 1.165) is 16.5 Å². The van der Waals surface area contributed by atoms with Gasteiger partial charge in [0.15, 0.2) is 0 Å². The van der Waals surface area contributed by atoms with Crippen LogP contribution in [0.5, 0.6) is 0 Å². The van der Waals surface area contributed by atoms with Crippen molar-refractivity contribution >= 4 is 29.3 Å². The maximum Gasteiger partial charge on any atom is 0.268 e. The van der Waals surface area contributed by atoms with Crippen LogP contribution in [0.2, 0.25) is 5.02 Å².